The number of rotatable bonds is 7. The minimum atomic E-state index is 0.584. The summed E-state index contributed by atoms with van der Waals surface area (Å²) >= 11 is 0. The summed E-state index contributed by atoms with van der Waals surface area (Å²) in [5.74, 6) is 1.81. The van der Waals surface area contributed by atoms with Crippen molar-refractivity contribution in [3.8, 4) is 45.3 Å². The van der Waals surface area contributed by atoms with E-state index in [1.54, 1.807) is 0 Å². The summed E-state index contributed by atoms with van der Waals surface area (Å²) in [4.78, 5) is 17.4. The second-order valence-electron chi connectivity index (χ2n) is 14.0. The van der Waals surface area contributed by atoms with Crippen LogP contribution in [-0.2, 0) is 0 Å². The van der Waals surface area contributed by atoms with Gasteiger partial charge < -0.3 is 13.7 Å². The summed E-state index contributed by atoms with van der Waals surface area (Å²) in [5, 5.41) is 4.17. The fourth-order valence-corrected chi connectivity index (χ4v) is 7.84. The predicted octanol–water partition coefficient (Wildman–Crippen LogP) is 13.8. The zero-order valence-electron chi connectivity index (χ0n) is 30.6. The first-order chi connectivity index (χ1) is 28.2. The predicted molar refractivity (Wildman–Crippen MR) is 231 cm³/mol. The van der Waals surface area contributed by atoms with E-state index >= 15 is 0 Å². The highest BCUT2D eigenvalue weighted by Gasteiger charge is 2.21. The molecule has 0 atom stereocenters. The van der Waals surface area contributed by atoms with Gasteiger partial charge in [-0.05, 0) is 66.2 Å². The Morgan fingerprint density at radius 2 is 0.842 bits per heavy atom. The summed E-state index contributed by atoms with van der Waals surface area (Å²) in [6.07, 6.45) is 0. The van der Waals surface area contributed by atoms with Gasteiger partial charge in [0.25, 0.3) is 0 Å². The quantitative estimate of drug-likeness (QED) is 0.162. The van der Waals surface area contributed by atoms with E-state index in [9.17, 15) is 0 Å². The normalized spacial score (nSPS) is 11.5. The van der Waals surface area contributed by atoms with Gasteiger partial charge in [-0.1, -0.05) is 127 Å². The Morgan fingerprint density at radius 1 is 0.333 bits per heavy atom. The van der Waals surface area contributed by atoms with Crippen molar-refractivity contribution >= 4 is 60.9 Å². The van der Waals surface area contributed by atoms with E-state index < -0.39 is 0 Å². The first kappa shape index (κ1) is 32.6. The molecule has 0 aliphatic heterocycles. The Hall–Kier alpha value is -7.83. The maximum absolute atomic E-state index is 6.72. The minimum Gasteiger partial charge on any atom is -0.456 e. The third-order valence-corrected chi connectivity index (χ3v) is 10.5. The van der Waals surface area contributed by atoms with E-state index in [-0.39, 0.29) is 0 Å². The molecule has 3 heterocycles. The fourth-order valence-electron chi connectivity index (χ4n) is 7.84. The van der Waals surface area contributed by atoms with Crippen LogP contribution in [0.5, 0.6) is 0 Å². The lowest BCUT2D eigenvalue weighted by molar-refractivity contribution is 0.669. The highest BCUT2D eigenvalue weighted by Crippen LogP contribution is 2.43. The zero-order chi connectivity index (χ0) is 37.7. The second-order valence-corrected chi connectivity index (χ2v) is 14.0. The molecule has 0 spiro atoms. The van der Waals surface area contributed by atoms with E-state index in [4.69, 9.17) is 23.8 Å². The molecule has 0 unspecified atom stereocenters. The van der Waals surface area contributed by atoms with E-state index in [0.29, 0.717) is 17.5 Å². The third-order valence-electron chi connectivity index (χ3n) is 10.5. The molecular formula is C51H32N4O2. The van der Waals surface area contributed by atoms with Gasteiger partial charge in [-0.2, -0.15) is 0 Å². The molecule has 0 aliphatic rings. The maximum Gasteiger partial charge on any atom is 0.164 e. The van der Waals surface area contributed by atoms with E-state index in [1.807, 2.05) is 103 Å². The summed E-state index contributed by atoms with van der Waals surface area (Å²) in [5.41, 5.74) is 11.1. The smallest absolute Gasteiger partial charge is 0.164 e. The van der Waals surface area contributed by atoms with Crippen molar-refractivity contribution in [1.29, 1.82) is 0 Å². The maximum atomic E-state index is 6.72. The number of hydrogen-bond donors (Lipinski definition) is 0. The Morgan fingerprint density at radius 3 is 1.53 bits per heavy atom. The van der Waals surface area contributed by atoms with Crippen LogP contribution in [0.4, 0.5) is 17.1 Å². The Labute approximate surface area is 328 Å². The Balaban J connectivity index is 1.05. The van der Waals surface area contributed by atoms with Crippen LogP contribution in [0.2, 0.25) is 0 Å². The van der Waals surface area contributed by atoms with Gasteiger partial charge in [-0.15, -0.1) is 0 Å². The average Bonchev–Trinajstić information content (AvgIpc) is 3.86. The number of furan rings is 2. The van der Waals surface area contributed by atoms with Crippen molar-refractivity contribution in [2.24, 2.45) is 0 Å². The summed E-state index contributed by atoms with van der Waals surface area (Å²) in [7, 11) is 0. The van der Waals surface area contributed by atoms with Gasteiger partial charge >= 0.3 is 0 Å². The van der Waals surface area contributed by atoms with E-state index in [0.717, 1.165) is 88.8 Å². The topological polar surface area (TPSA) is 68.2 Å². The molecule has 0 saturated heterocycles. The number of para-hydroxylation sites is 3. The van der Waals surface area contributed by atoms with Crippen LogP contribution in [0.3, 0.4) is 0 Å². The Kier molecular flexibility index (Phi) is 7.71. The average molecular weight is 733 g/mol. The molecule has 0 radical (unpaired) electrons. The lowest BCUT2D eigenvalue weighted by atomic mass is 9.97. The highest BCUT2D eigenvalue weighted by atomic mass is 16.3. The first-order valence-corrected chi connectivity index (χ1v) is 18.9. The molecule has 11 rings (SSSR count). The summed E-state index contributed by atoms with van der Waals surface area (Å²) < 4.78 is 13.0. The molecule has 8 aromatic carbocycles. The lowest BCUT2D eigenvalue weighted by Crippen LogP contribution is -2.09. The highest BCUT2D eigenvalue weighted by molar-refractivity contribution is 6.16. The summed E-state index contributed by atoms with van der Waals surface area (Å²) in [6, 6.07) is 66.2. The number of nitrogens with zero attached hydrogens (tertiary/aromatic N) is 4. The molecule has 11 aromatic rings. The van der Waals surface area contributed by atoms with Crippen molar-refractivity contribution < 1.29 is 8.83 Å². The van der Waals surface area contributed by atoms with Gasteiger partial charge in [-0.25, -0.2) is 15.0 Å². The molecule has 0 bridgehead atoms. The number of benzene rings is 8. The van der Waals surface area contributed by atoms with Gasteiger partial charge in [0.2, 0.25) is 0 Å². The van der Waals surface area contributed by atoms with Crippen molar-refractivity contribution in [2.75, 3.05) is 4.90 Å². The second kappa shape index (κ2) is 13.5. The molecule has 0 N–H and O–H groups in total. The lowest BCUT2D eigenvalue weighted by Gasteiger charge is -2.25. The first-order valence-electron chi connectivity index (χ1n) is 18.9. The van der Waals surface area contributed by atoms with Gasteiger partial charge in [0.15, 0.2) is 17.5 Å². The fraction of sp³-hybridized carbons (Fsp3) is 0. The molecule has 0 saturated carbocycles. The molecule has 0 fully saturated rings. The number of aromatic nitrogens is 3. The molecule has 0 amide bonds. The zero-order valence-corrected chi connectivity index (χ0v) is 30.6. The molecule has 57 heavy (non-hydrogen) atoms. The van der Waals surface area contributed by atoms with Gasteiger partial charge in [0.05, 0.1) is 0 Å². The van der Waals surface area contributed by atoms with E-state index in [2.05, 4.69) is 95.9 Å². The van der Waals surface area contributed by atoms with Gasteiger partial charge in [0, 0.05) is 66.9 Å². The molecule has 6 nitrogen and oxygen atoms in total. The largest absolute Gasteiger partial charge is 0.456 e. The van der Waals surface area contributed by atoms with Crippen LogP contribution in [0.15, 0.2) is 203 Å². The molecular weight excluding hydrogens is 701 g/mol. The monoisotopic (exact) mass is 732 g/mol. The molecule has 268 valence electrons. The van der Waals surface area contributed by atoms with Crippen molar-refractivity contribution in [3.05, 3.63) is 194 Å². The minimum absolute atomic E-state index is 0.584. The standard InChI is InChI=1S/C51H32N4O2/c1-4-14-34(15-5-1)49-52-50(35-16-6-2-7-17-35)54-51(53-49)43-31-30-39(48-47(43)42-21-11-13-23-45(42)57-48)33-24-26-37(27-25-33)55(36-18-8-3-9-19-36)38-28-29-41-40-20-10-12-22-44(40)56-46(41)32-38/h1-32H. The molecule has 6 heteroatoms. The van der Waals surface area contributed by atoms with Crippen LogP contribution in [0.25, 0.3) is 89.2 Å². The number of fused-ring (bicyclic) bond motifs is 6. The number of anilines is 3. The van der Waals surface area contributed by atoms with Crippen molar-refractivity contribution in [2.45, 2.75) is 0 Å². The van der Waals surface area contributed by atoms with E-state index in [1.165, 1.54) is 0 Å². The van der Waals surface area contributed by atoms with Crippen molar-refractivity contribution in [3.63, 3.8) is 0 Å². The van der Waals surface area contributed by atoms with Crippen LogP contribution >= 0.6 is 0 Å². The SMILES string of the molecule is c1ccc(-c2nc(-c3ccccc3)nc(-c3ccc(-c4ccc(N(c5ccccc5)c5ccc6c(c5)oc5ccccc56)cc4)c4oc5ccccc5c34)n2)cc1. The Bertz CT molecular complexity index is 3170. The van der Waals surface area contributed by atoms with Crippen LogP contribution in [0.1, 0.15) is 0 Å². The summed E-state index contributed by atoms with van der Waals surface area (Å²) in [6.45, 7) is 0. The molecule has 0 aliphatic carbocycles. The third kappa shape index (κ3) is 5.70. The number of hydrogen-bond acceptors (Lipinski definition) is 6. The van der Waals surface area contributed by atoms with Crippen molar-refractivity contribution in [1.82, 2.24) is 15.0 Å². The van der Waals surface area contributed by atoms with Gasteiger partial charge in [0.1, 0.15) is 22.3 Å². The van der Waals surface area contributed by atoms with Crippen LogP contribution in [-0.4, -0.2) is 15.0 Å². The van der Waals surface area contributed by atoms with Crippen LogP contribution in [0, 0.1) is 0 Å². The molecule has 3 aromatic heterocycles. The van der Waals surface area contributed by atoms with Gasteiger partial charge in [-0.3, -0.25) is 0 Å². The van der Waals surface area contributed by atoms with Crippen LogP contribution < -0.4 is 4.90 Å².